The van der Waals surface area contributed by atoms with Gasteiger partial charge in [0.15, 0.2) is 0 Å². The van der Waals surface area contributed by atoms with Crippen LogP contribution in [0.15, 0.2) is 0 Å². The predicted molar refractivity (Wildman–Crippen MR) is 52.5 cm³/mol. The summed E-state index contributed by atoms with van der Waals surface area (Å²) >= 11 is 0. The normalized spacial score (nSPS) is 41.8. The quantitative estimate of drug-likeness (QED) is 0.691. The van der Waals surface area contributed by atoms with E-state index >= 15 is 0 Å². The molecular weight excluding hydrogens is 184 g/mol. The van der Waals surface area contributed by atoms with Crippen LogP contribution < -0.4 is 5.32 Å². The fourth-order valence-electron chi connectivity index (χ4n) is 2.96. The molecule has 2 aliphatic rings. The van der Waals surface area contributed by atoms with Gasteiger partial charge in [-0.05, 0) is 31.6 Å². The van der Waals surface area contributed by atoms with Gasteiger partial charge in [0, 0.05) is 12.0 Å². The highest BCUT2D eigenvalue weighted by Crippen LogP contribution is 2.51. The Morgan fingerprint density at radius 2 is 1.86 bits per heavy atom. The number of alkyl halides is 2. The number of hydrogen-bond acceptors (Lipinski definition) is 1. The van der Waals surface area contributed by atoms with E-state index in [-0.39, 0.29) is 6.54 Å². The lowest BCUT2D eigenvalue weighted by Gasteiger charge is -2.40. The maximum absolute atomic E-state index is 13.7. The van der Waals surface area contributed by atoms with Gasteiger partial charge in [-0.25, -0.2) is 8.78 Å². The number of halogens is 2. The molecule has 3 heteroatoms. The summed E-state index contributed by atoms with van der Waals surface area (Å²) in [6.45, 7) is 2.58. The SMILES string of the molecule is CCC1CCC2(CC1)CNCC2(F)F. The molecule has 1 aliphatic heterocycles. The molecule has 0 atom stereocenters. The summed E-state index contributed by atoms with van der Waals surface area (Å²) in [5, 5.41) is 2.86. The minimum atomic E-state index is -2.47. The van der Waals surface area contributed by atoms with Gasteiger partial charge in [-0.15, -0.1) is 0 Å². The molecule has 1 nitrogen and oxygen atoms in total. The van der Waals surface area contributed by atoms with Crippen LogP contribution in [0.5, 0.6) is 0 Å². The summed E-state index contributed by atoms with van der Waals surface area (Å²) in [4.78, 5) is 0. The van der Waals surface area contributed by atoms with Crippen LogP contribution in [-0.2, 0) is 0 Å². The van der Waals surface area contributed by atoms with E-state index in [4.69, 9.17) is 0 Å². The Morgan fingerprint density at radius 1 is 1.21 bits per heavy atom. The van der Waals surface area contributed by atoms with Gasteiger partial charge in [-0.2, -0.15) is 0 Å². The first-order chi connectivity index (χ1) is 6.60. The Labute approximate surface area is 84.3 Å². The van der Waals surface area contributed by atoms with E-state index < -0.39 is 11.3 Å². The van der Waals surface area contributed by atoms with Crippen molar-refractivity contribution in [3.63, 3.8) is 0 Å². The average Bonchev–Trinajstić information content (AvgIpc) is 2.44. The molecule has 0 bridgehead atoms. The van der Waals surface area contributed by atoms with E-state index in [1.165, 1.54) is 0 Å². The molecule has 1 saturated heterocycles. The highest BCUT2D eigenvalue weighted by Gasteiger charge is 2.57. The molecule has 0 amide bonds. The molecule has 2 rings (SSSR count). The summed E-state index contributed by atoms with van der Waals surface area (Å²) < 4.78 is 27.3. The van der Waals surface area contributed by atoms with Crippen LogP contribution in [0.2, 0.25) is 0 Å². The monoisotopic (exact) mass is 203 g/mol. The van der Waals surface area contributed by atoms with Crippen molar-refractivity contribution in [1.29, 1.82) is 0 Å². The molecular formula is C11H19F2N. The van der Waals surface area contributed by atoms with Crippen LogP contribution in [0.3, 0.4) is 0 Å². The average molecular weight is 203 g/mol. The Kier molecular flexibility index (Phi) is 2.54. The van der Waals surface area contributed by atoms with Gasteiger partial charge in [-0.3, -0.25) is 0 Å². The van der Waals surface area contributed by atoms with Gasteiger partial charge >= 0.3 is 0 Å². The van der Waals surface area contributed by atoms with Gasteiger partial charge in [-0.1, -0.05) is 13.3 Å². The number of nitrogens with one attached hydrogen (secondary N) is 1. The van der Waals surface area contributed by atoms with E-state index in [9.17, 15) is 8.78 Å². The zero-order chi connectivity index (χ0) is 10.2. The molecule has 2 fully saturated rings. The molecule has 1 aliphatic carbocycles. The van der Waals surface area contributed by atoms with Crippen molar-refractivity contribution in [3.05, 3.63) is 0 Å². The van der Waals surface area contributed by atoms with Gasteiger partial charge in [0.25, 0.3) is 5.92 Å². The fourth-order valence-corrected chi connectivity index (χ4v) is 2.96. The first kappa shape index (κ1) is 10.3. The lowest BCUT2D eigenvalue weighted by atomic mass is 9.68. The predicted octanol–water partition coefficient (Wildman–Crippen LogP) is 2.81. The molecule has 0 aromatic carbocycles. The summed E-state index contributed by atoms with van der Waals surface area (Å²) in [7, 11) is 0. The van der Waals surface area contributed by atoms with Gasteiger partial charge in [0.05, 0.1) is 6.54 Å². The second-order valence-electron chi connectivity index (χ2n) is 4.94. The fraction of sp³-hybridized carbons (Fsp3) is 1.00. The minimum Gasteiger partial charge on any atom is -0.310 e. The van der Waals surface area contributed by atoms with Crippen molar-refractivity contribution >= 4 is 0 Å². The van der Waals surface area contributed by atoms with Crippen LogP contribution in [0.1, 0.15) is 39.0 Å². The topological polar surface area (TPSA) is 12.0 Å². The molecule has 1 spiro atoms. The second kappa shape index (κ2) is 3.44. The number of rotatable bonds is 1. The molecule has 1 saturated carbocycles. The molecule has 0 aromatic rings. The second-order valence-corrected chi connectivity index (χ2v) is 4.94. The van der Waals surface area contributed by atoms with Crippen molar-refractivity contribution in [3.8, 4) is 0 Å². The lowest BCUT2D eigenvalue weighted by Crippen LogP contribution is -2.42. The third-order valence-corrected chi connectivity index (χ3v) is 4.23. The molecule has 1 heterocycles. The molecule has 1 N–H and O–H groups in total. The highest BCUT2D eigenvalue weighted by atomic mass is 19.3. The summed E-state index contributed by atoms with van der Waals surface area (Å²) in [6.07, 6.45) is 4.56. The maximum Gasteiger partial charge on any atom is 0.267 e. The zero-order valence-electron chi connectivity index (χ0n) is 8.78. The van der Waals surface area contributed by atoms with Crippen LogP contribution in [0.4, 0.5) is 8.78 Å². The van der Waals surface area contributed by atoms with Crippen LogP contribution in [0.25, 0.3) is 0 Å². The molecule has 0 unspecified atom stereocenters. The standard InChI is InChI=1S/C11H19F2N/c1-2-9-3-5-10(6-4-9)7-14-8-11(10,12)13/h9,14H,2-8H2,1H3. The van der Waals surface area contributed by atoms with Gasteiger partial charge in [0.2, 0.25) is 0 Å². The Morgan fingerprint density at radius 3 is 2.29 bits per heavy atom. The van der Waals surface area contributed by atoms with E-state index in [1.807, 2.05) is 0 Å². The first-order valence-corrected chi connectivity index (χ1v) is 5.68. The van der Waals surface area contributed by atoms with Crippen LogP contribution >= 0.6 is 0 Å². The molecule has 14 heavy (non-hydrogen) atoms. The minimum absolute atomic E-state index is 0.107. The Bertz CT molecular complexity index is 207. The lowest BCUT2D eigenvalue weighted by molar-refractivity contribution is -0.105. The summed E-state index contributed by atoms with van der Waals surface area (Å²) in [6, 6.07) is 0. The summed E-state index contributed by atoms with van der Waals surface area (Å²) in [5.74, 6) is -1.77. The summed E-state index contributed by atoms with van der Waals surface area (Å²) in [5.41, 5.74) is -0.696. The van der Waals surface area contributed by atoms with E-state index in [1.54, 1.807) is 0 Å². The van der Waals surface area contributed by atoms with Gasteiger partial charge in [0.1, 0.15) is 0 Å². The molecule has 82 valence electrons. The van der Waals surface area contributed by atoms with Crippen molar-refractivity contribution in [1.82, 2.24) is 5.32 Å². The van der Waals surface area contributed by atoms with Crippen LogP contribution in [-0.4, -0.2) is 19.0 Å². The third-order valence-electron chi connectivity index (χ3n) is 4.23. The number of hydrogen-bond donors (Lipinski definition) is 1. The Hall–Kier alpha value is -0.180. The molecule has 0 radical (unpaired) electrons. The van der Waals surface area contributed by atoms with Crippen molar-refractivity contribution in [2.75, 3.05) is 13.1 Å². The van der Waals surface area contributed by atoms with Crippen molar-refractivity contribution in [2.24, 2.45) is 11.3 Å². The van der Waals surface area contributed by atoms with E-state index in [2.05, 4.69) is 12.2 Å². The van der Waals surface area contributed by atoms with Crippen molar-refractivity contribution < 1.29 is 8.78 Å². The Balaban J connectivity index is 2.05. The third kappa shape index (κ3) is 1.46. The smallest absolute Gasteiger partial charge is 0.267 e. The molecule has 0 aromatic heterocycles. The van der Waals surface area contributed by atoms with E-state index in [0.717, 1.165) is 19.3 Å². The highest BCUT2D eigenvalue weighted by molar-refractivity contribution is 5.03. The van der Waals surface area contributed by atoms with Crippen molar-refractivity contribution in [2.45, 2.75) is 45.0 Å². The van der Waals surface area contributed by atoms with Gasteiger partial charge < -0.3 is 5.32 Å². The first-order valence-electron chi connectivity index (χ1n) is 5.68. The van der Waals surface area contributed by atoms with E-state index in [0.29, 0.717) is 25.3 Å². The maximum atomic E-state index is 13.7. The largest absolute Gasteiger partial charge is 0.310 e. The van der Waals surface area contributed by atoms with Crippen LogP contribution in [0, 0.1) is 11.3 Å². The zero-order valence-corrected chi connectivity index (χ0v) is 8.78.